The maximum Gasteiger partial charge on any atom is 0.303 e. The van der Waals surface area contributed by atoms with Gasteiger partial charge in [-0.2, -0.15) is 0 Å². The molecule has 1 amide bonds. The van der Waals surface area contributed by atoms with E-state index in [0.29, 0.717) is 17.3 Å². The van der Waals surface area contributed by atoms with Crippen molar-refractivity contribution in [3.63, 3.8) is 0 Å². The Morgan fingerprint density at radius 2 is 2.10 bits per heavy atom. The molecule has 0 spiro atoms. The second kappa shape index (κ2) is 8.71. The van der Waals surface area contributed by atoms with Gasteiger partial charge < -0.3 is 10.4 Å². The zero-order valence-electron chi connectivity index (χ0n) is 12.8. The predicted octanol–water partition coefficient (Wildman–Crippen LogP) is 2.36. The third-order valence-electron chi connectivity index (χ3n) is 3.07. The third kappa shape index (κ3) is 6.20. The average Bonchev–Trinajstić information content (AvgIpc) is 2.83. The van der Waals surface area contributed by atoms with Crippen LogP contribution in [0.25, 0.3) is 0 Å². The summed E-state index contributed by atoms with van der Waals surface area (Å²) >= 11 is 1.09. The summed E-state index contributed by atoms with van der Waals surface area (Å²) in [6.45, 7) is 6.48. The summed E-state index contributed by atoms with van der Waals surface area (Å²) in [5.74, 6) is -0.692. The summed E-state index contributed by atoms with van der Waals surface area (Å²) < 4.78 is 3.82. The molecule has 1 heterocycles. The number of carboxylic acids is 1. The number of hydrogen-bond acceptors (Lipinski definition) is 5. The molecule has 118 valence electrons. The lowest BCUT2D eigenvalue weighted by molar-refractivity contribution is -0.138. The second-order valence-electron chi connectivity index (χ2n) is 5.60. The van der Waals surface area contributed by atoms with Gasteiger partial charge in [0.05, 0.1) is 5.69 Å². The lowest BCUT2D eigenvalue weighted by Gasteiger charge is -2.17. The number of rotatable bonds is 9. The molecule has 1 aromatic heterocycles. The largest absolute Gasteiger partial charge is 0.481 e. The normalized spacial score (nSPS) is 12.4. The van der Waals surface area contributed by atoms with Gasteiger partial charge in [-0.15, -0.1) is 5.10 Å². The number of aryl methyl sites for hydroxylation is 1. The lowest BCUT2D eigenvalue weighted by Crippen LogP contribution is -2.31. The van der Waals surface area contributed by atoms with Crippen LogP contribution in [-0.4, -0.2) is 33.1 Å². The number of amides is 1. The molecule has 0 aromatic carbocycles. The minimum Gasteiger partial charge on any atom is -0.481 e. The van der Waals surface area contributed by atoms with Gasteiger partial charge in [-0.3, -0.25) is 9.59 Å². The van der Waals surface area contributed by atoms with E-state index in [0.717, 1.165) is 36.5 Å². The van der Waals surface area contributed by atoms with Crippen molar-refractivity contribution in [3.8, 4) is 0 Å². The van der Waals surface area contributed by atoms with E-state index in [1.807, 2.05) is 20.8 Å². The standard InChI is InChI=1S/C14H23N3O3S/c1-4-5-11-13(21-17-16-11)14(20)15-8-10(6-9(2)3)7-12(18)19/h9-10H,4-8H2,1-3H3,(H,15,20)(H,18,19). The fourth-order valence-electron chi connectivity index (χ4n) is 2.25. The van der Waals surface area contributed by atoms with E-state index < -0.39 is 5.97 Å². The van der Waals surface area contributed by atoms with Crippen LogP contribution in [0, 0.1) is 11.8 Å². The summed E-state index contributed by atoms with van der Waals surface area (Å²) in [6.07, 6.45) is 2.47. The molecule has 0 saturated carbocycles. The van der Waals surface area contributed by atoms with Crippen LogP contribution in [0.1, 0.15) is 55.4 Å². The molecule has 2 N–H and O–H groups in total. The van der Waals surface area contributed by atoms with E-state index in [9.17, 15) is 9.59 Å². The van der Waals surface area contributed by atoms with Gasteiger partial charge in [-0.1, -0.05) is 31.7 Å². The first-order chi connectivity index (χ1) is 9.93. The van der Waals surface area contributed by atoms with Gasteiger partial charge in [0.1, 0.15) is 4.88 Å². The van der Waals surface area contributed by atoms with Crippen LogP contribution in [-0.2, 0) is 11.2 Å². The molecule has 0 aliphatic carbocycles. The molecular weight excluding hydrogens is 290 g/mol. The Labute approximate surface area is 129 Å². The van der Waals surface area contributed by atoms with Gasteiger partial charge in [0, 0.05) is 13.0 Å². The Morgan fingerprint density at radius 3 is 2.67 bits per heavy atom. The van der Waals surface area contributed by atoms with Crippen LogP contribution >= 0.6 is 11.5 Å². The van der Waals surface area contributed by atoms with Gasteiger partial charge in [0.2, 0.25) is 0 Å². The average molecular weight is 313 g/mol. The smallest absolute Gasteiger partial charge is 0.303 e. The number of nitrogens with zero attached hydrogens (tertiary/aromatic N) is 2. The van der Waals surface area contributed by atoms with Crippen LogP contribution in [0.5, 0.6) is 0 Å². The number of aliphatic carboxylic acids is 1. The number of aromatic nitrogens is 2. The van der Waals surface area contributed by atoms with Crippen LogP contribution < -0.4 is 5.32 Å². The summed E-state index contributed by atoms with van der Waals surface area (Å²) in [7, 11) is 0. The van der Waals surface area contributed by atoms with Crippen molar-refractivity contribution in [2.45, 2.75) is 46.5 Å². The Morgan fingerprint density at radius 1 is 1.38 bits per heavy atom. The minimum absolute atomic E-state index is 0.0537. The molecule has 0 aliphatic heterocycles. The summed E-state index contributed by atoms with van der Waals surface area (Å²) in [6, 6.07) is 0. The number of hydrogen-bond donors (Lipinski definition) is 2. The van der Waals surface area contributed by atoms with E-state index in [4.69, 9.17) is 5.11 Å². The Bertz CT molecular complexity index is 474. The van der Waals surface area contributed by atoms with Crippen LogP contribution in [0.2, 0.25) is 0 Å². The molecule has 21 heavy (non-hydrogen) atoms. The highest BCUT2D eigenvalue weighted by atomic mass is 32.1. The van der Waals surface area contributed by atoms with Gasteiger partial charge in [-0.25, -0.2) is 0 Å². The minimum atomic E-state index is -0.832. The van der Waals surface area contributed by atoms with Crippen LogP contribution in [0.15, 0.2) is 0 Å². The maximum atomic E-state index is 12.1. The van der Waals surface area contributed by atoms with Crippen molar-refractivity contribution < 1.29 is 14.7 Å². The highest BCUT2D eigenvalue weighted by Gasteiger charge is 2.19. The molecule has 1 aromatic rings. The fraction of sp³-hybridized carbons (Fsp3) is 0.714. The van der Waals surface area contributed by atoms with Crippen molar-refractivity contribution in [3.05, 3.63) is 10.6 Å². The molecule has 0 fully saturated rings. The molecule has 1 atom stereocenters. The summed E-state index contributed by atoms with van der Waals surface area (Å²) in [5.41, 5.74) is 0.721. The van der Waals surface area contributed by atoms with Crippen molar-refractivity contribution >= 4 is 23.4 Å². The highest BCUT2D eigenvalue weighted by molar-refractivity contribution is 7.08. The molecule has 0 bridgehead atoms. The van der Waals surface area contributed by atoms with Crippen molar-refractivity contribution in [1.82, 2.24) is 14.9 Å². The number of carbonyl (C=O) groups excluding carboxylic acids is 1. The zero-order valence-corrected chi connectivity index (χ0v) is 13.6. The third-order valence-corrected chi connectivity index (χ3v) is 3.84. The van der Waals surface area contributed by atoms with Crippen LogP contribution in [0.4, 0.5) is 0 Å². The quantitative estimate of drug-likeness (QED) is 0.730. The molecule has 1 unspecified atom stereocenters. The van der Waals surface area contributed by atoms with Crippen molar-refractivity contribution in [2.24, 2.45) is 11.8 Å². The monoisotopic (exact) mass is 313 g/mol. The van der Waals surface area contributed by atoms with Gasteiger partial charge in [-0.05, 0) is 36.2 Å². The SMILES string of the molecule is CCCc1nnsc1C(=O)NCC(CC(=O)O)CC(C)C. The number of nitrogens with one attached hydrogen (secondary N) is 1. The second-order valence-corrected chi connectivity index (χ2v) is 6.36. The molecular formula is C14H23N3O3S. The maximum absolute atomic E-state index is 12.1. The lowest BCUT2D eigenvalue weighted by atomic mass is 9.94. The Balaban J connectivity index is 2.59. The topological polar surface area (TPSA) is 92.2 Å². The summed E-state index contributed by atoms with van der Waals surface area (Å²) in [4.78, 5) is 23.6. The van der Waals surface area contributed by atoms with E-state index in [2.05, 4.69) is 14.9 Å². The van der Waals surface area contributed by atoms with Crippen molar-refractivity contribution in [1.29, 1.82) is 0 Å². The van der Waals surface area contributed by atoms with Crippen molar-refractivity contribution in [2.75, 3.05) is 6.54 Å². The first-order valence-corrected chi connectivity index (χ1v) is 8.02. The predicted molar refractivity (Wildman–Crippen MR) is 81.4 cm³/mol. The van der Waals surface area contributed by atoms with E-state index in [1.54, 1.807) is 0 Å². The first-order valence-electron chi connectivity index (χ1n) is 7.25. The Kier molecular flexibility index (Phi) is 7.28. The van der Waals surface area contributed by atoms with E-state index in [-0.39, 0.29) is 18.2 Å². The Hall–Kier alpha value is -1.50. The molecule has 0 saturated heterocycles. The molecule has 0 radical (unpaired) electrons. The molecule has 7 heteroatoms. The first kappa shape index (κ1) is 17.6. The highest BCUT2D eigenvalue weighted by Crippen LogP contribution is 2.16. The van der Waals surface area contributed by atoms with Crippen LogP contribution in [0.3, 0.4) is 0 Å². The fourth-order valence-corrected chi connectivity index (χ4v) is 2.88. The molecule has 1 rings (SSSR count). The number of carboxylic acid groups (broad SMARTS) is 1. The van der Waals surface area contributed by atoms with Gasteiger partial charge >= 0.3 is 5.97 Å². The van der Waals surface area contributed by atoms with Gasteiger partial charge in [0.15, 0.2) is 0 Å². The molecule has 6 nitrogen and oxygen atoms in total. The summed E-state index contributed by atoms with van der Waals surface area (Å²) in [5, 5.41) is 15.7. The number of carbonyl (C=O) groups is 2. The van der Waals surface area contributed by atoms with E-state index >= 15 is 0 Å². The van der Waals surface area contributed by atoms with Gasteiger partial charge in [0.25, 0.3) is 5.91 Å². The zero-order chi connectivity index (χ0) is 15.8. The van der Waals surface area contributed by atoms with E-state index in [1.165, 1.54) is 0 Å². The molecule has 0 aliphatic rings.